The van der Waals surface area contributed by atoms with Crippen LogP contribution in [0, 0.1) is 17.0 Å². The molecule has 1 aliphatic heterocycles. The van der Waals surface area contributed by atoms with Crippen molar-refractivity contribution in [3.63, 3.8) is 0 Å². The third kappa shape index (κ3) is 6.39. The van der Waals surface area contributed by atoms with Crippen LogP contribution in [0.2, 0.25) is 0 Å². The lowest BCUT2D eigenvalue weighted by molar-refractivity contribution is -0.500. The fourth-order valence-corrected chi connectivity index (χ4v) is 4.65. The first kappa shape index (κ1) is 28.1. The van der Waals surface area contributed by atoms with Crippen LogP contribution in [0.3, 0.4) is 0 Å². The van der Waals surface area contributed by atoms with Gasteiger partial charge in [0.15, 0.2) is 0 Å². The molecule has 212 valence electrons. The average molecular weight is 553 g/mol. The van der Waals surface area contributed by atoms with Crippen LogP contribution in [0.5, 0.6) is 5.75 Å². The number of likely N-dealkylation sites (tertiary alicyclic amines) is 1. The normalized spacial score (nSPS) is 14.2. The van der Waals surface area contributed by atoms with Crippen molar-refractivity contribution in [2.75, 3.05) is 45.8 Å². The van der Waals surface area contributed by atoms with Gasteiger partial charge in [-0.3, -0.25) is 19.7 Å². The number of nitro groups is 1. The van der Waals surface area contributed by atoms with E-state index in [1.807, 2.05) is 31.2 Å². The number of H-pyrrole nitrogens is 1. The summed E-state index contributed by atoms with van der Waals surface area (Å²) in [6.07, 6.45) is 3.49. The second-order valence-electron chi connectivity index (χ2n) is 9.44. The number of anilines is 2. The molecule has 3 heterocycles. The number of aliphatic imine (C=N–C) groups is 1. The summed E-state index contributed by atoms with van der Waals surface area (Å²) < 4.78 is 12.4. The van der Waals surface area contributed by atoms with Crippen molar-refractivity contribution in [3.8, 4) is 5.75 Å². The van der Waals surface area contributed by atoms with E-state index < -0.39 is 17.7 Å². The van der Waals surface area contributed by atoms with Gasteiger partial charge in [-0.2, -0.15) is 0 Å². The summed E-state index contributed by atoms with van der Waals surface area (Å²) in [5.74, 6) is 1.35. The molecule has 1 saturated heterocycles. The van der Waals surface area contributed by atoms with Crippen LogP contribution < -0.4 is 15.7 Å². The zero-order valence-corrected chi connectivity index (χ0v) is 22.6. The number of methoxy groups -OCH3 is 1. The summed E-state index contributed by atoms with van der Waals surface area (Å²) in [5.41, 5.74) is 3.31. The Bertz CT molecular complexity index is 1490. The Labute approximate surface area is 230 Å². The third-order valence-corrected chi connectivity index (χ3v) is 6.79. The van der Waals surface area contributed by atoms with Crippen molar-refractivity contribution in [2.45, 2.75) is 25.8 Å². The fourth-order valence-electron chi connectivity index (χ4n) is 4.65. The number of benzene rings is 1. The van der Waals surface area contributed by atoms with E-state index in [2.05, 4.69) is 27.0 Å². The molecule has 1 aliphatic rings. The van der Waals surface area contributed by atoms with Crippen molar-refractivity contribution in [1.82, 2.24) is 24.3 Å². The van der Waals surface area contributed by atoms with E-state index in [0.717, 1.165) is 22.5 Å². The number of imidazole rings is 1. The van der Waals surface area contributed by atoms with Crippen LogP contribution in [-0.2, 0) is 4.74 Å². The van der Waals surface area contributed by atoms with E-state index in [9.17, 15) is 19.7 Å². The molecule has 0 aliphatic carbocycles. The molecule has 0 unspecified atom stereocenters. The van der Waals surface area contributed by atoms with Crippen molar-refractivity contribution in [2.24, 2.45) is 4.99 Å². The minimum absolute atomic E-state index is 0.130. The van der Waals surface area contributed by atoms with E-state index >= 15 is 0 Å². The summed E-state index contributed by atoms with van der Waals surface area (Å²) in [4.78, 5) is 49.7. The van der Waals surface area contributed by atoms with Crippen LogP contribution in [0.15, 0.2) is 52.1 Å². The fraction of sp³-hybridized carbons (Fsp3) is 0.385. The Balaban J connectivity index is 1.42. The molecule has 2 aromatic heterocycles. The van der Waals surface area contributed by atoms with E-state index in [-0.39, 0.29) is 18.3 Å². The van der Waals surface area contributed by atoms with Crippen molar-refractivity contribution >= 4 is 35.3 Å². The number of piperidine rings is 1. The number of aryl methyl sites for hydroxylation is 1. The van der Waals surface area contributed by atoms with Crippen LogP contribution in [0.25, 0.3) is 11.0 Å². The second kappa shape index (κ2) is 12.3. The van der Waals surface area contributed by atoms with Gasteiger partial charge in [0.2, 0.25) is 0 Å². The zero-order valence-electron chi connectivity index (χ0n) is 22.6. The number of amides is 1. The van der Waals surface area contributed by atoms with Crippen molar-refractivity contribution in [1.29, 1.82) is 0 Å². The number of carbonyl (C=O) groups is 1. The lowest BCUT2D eigenvalue weighted by Crippen LogP contribution is -2.41. The summed E-state index contributed by atoms with van der Waals surface area (Å²) in [5, 5.41) is 14.1. The Morgan fingerprint density at radius 1 is 1.38 bits per heavy atom. The molecule has 14 heteroatoms. The first-order valence-corrected chi connectivity index (χ1v) is 12.6. The number of hydrogen-bond acceptors (Lipinski definition) is 10. The van der Waals surface area contributed by atoms with Crippen LogP contribution >= 0.6 is 0 Å². The number of rotatable bonds is 10. The number of hydrogen-bond donors (Lipinski definition) is 2. The van der Waals surface area contributed by atoms with Gasteiger partial charge in [-0.15, -0.1) is 0 Å². The molecule has 0 radical (unpaired) electrons. The Morgan fingerprint density at radius 3 is 2.77 bits per heavy atom. The first-order chi connectivity index (χ1) is 19.2. The highest BCUT2D eigenvalue weighted by Crippen LogP contribution is 2.28. The topological polar surface area (TPSA) is 160 Å². The second-order valence-corrected chi connectivity index (χ2v) is 9.44. The highest BCUT2D eigenvalue weighted by Gasteiger charge is 2.27. The van der Waals surface area contributed by atoms with Gasteiger partial charge in [-0.1, -0.05) is 0 Å². The standard InChI is InChI=1S/C26H32N8O6/c1-17-11-20(39-4)5-6-21(17)29-24-12-23-22(14-28-24)30-25(35)34(23)18-7-9-32(10-8-18)26(36)40-15-19(13-27-2)31(3)16-33(37)38/h5-6,11-14,18H,2,7-10,15-16H2,1,3-4H3,(H,28,29)(H,30,35)/b19-13-. The van der Waals surface area contributed by atoms with E-state index in [0.29, 0.717) is 43.0 Å². The summed E-state index contributed by atoms with van der Waals surface area (Å²) in [7, 11) is 3.12. The van der Waals surface area contributed by atoms with Crippen LogP contribution in [0.1, 0.15) is 24.4 Å². The first-order valence-electron chi connectivity index (χ1n) is 12.6. The number of fused-ring (bicyclic) bond motifs is 1. The predicted molar refractivity (Wildman–Crippen MR) is 150 cm³/mol. The van der Waals surface area contributed by atoms with Crippen LogP contribution in [0.4, 0.5) is 16.3 Å². The molecule has 3 aromatic rings. The molecule has 40 heavy (non-hydrogen) atoms. The Morgan fingerprint density at radius 2 is 2.12 bits per heavy atom. The number of nitrogens with one attached hydrogen (secondary N) is 2. The SMILES string of the molecule is C=N/C=C(/COC(=O)N1CCC(n2c(=O)[nH]c3cnc(Nc4ccc(OC)cc4C)cc32)CC1)N(C)C[N+](=O)[O-]. The van der Waals surface area contributed by atoms with Gasteiger partial charge in [-0.05, 0) is 50.2 Å². The summed E-state index contributed by atoms with van der Waals surface area (Å²) >= 11 is 0. The maximum Gasteiger partial charge on any atom is 0.410 e. The van der Waals surface area contributed by atoms with Gasteiger partial charge >= 0.3 is 11.8 Å². The lowest BCUT2D eigenvalue weighted by Gasteiger charge is -2.32. The number of carbonyl (C=O) groups excluding carboxylic acids is 1. The van der Waals surface area contributed by atoms with Crippen molar-refractivity contribution in [3.05, 3.63) is 68.5 Å². The maximum absolute atomic E-state index is 12.9. The number of pyridine rings is 1. The maximum atomic E-state index is 12.9. The number of ether oxygens (including phenoxy) is 2. The molecule has 14 nitrogen and oxygen atoms in total. The third-order valence-electron chi connectivity index (χ3n) is 6.79. The molecular formula is C26H32N8O6. The van der Waals surface area contributed by atoms with Gasteiger partial charge in [-0.25, -0.2) is 14.6 Å². The zero-order chi connectivity index (χ0) is 28.8. The monoisotopic (exact) mass is 552 g/mol. The number of nitrogens with zero attached hydrogens (tertiary/aromatic N) is 6. The Kier molecular flexibility index (Phi) is 8.67. The highest BCUT2D eigenvalue weighted by molar-refractivity contribution is 5.79. The molecule has 1 amide bonds. The van der Waals surface area contributed by atoms with E-state index in [1.165, 1.54) is 18.1 Å². The van der Waals surface area contributed by atoms with E-state index in [4.69, 9.17) is 9.47 Å². The van der Waals surface area contributed by atoms with E-state index in [1.54, 1.807) is 22.8 Å². The van der Waals surface area contributed by atoms with Gasteiger partial charge in [0, 0.05) is 49.1 Å². The molecule has 0 atom stereocenters. The Hall–Kier alpha value is -4.88. The minimum Gasteiger partial charge on any atom is -0.497 e. The number of aromatic nitrogens is 3. The van der Waals surface area contributed by atoms with Gasteiger partial charge < -0.3 is 29.6 Å². The molecule has 1 fully saturated rings. The highest BCUT2D eigenvalue weighted by atomic mass is 16.6. The molecule has 2 N–H and O–H groups in total. The summed E-state index contributed by atoms with van der Waals surface area (Å²) in [6.45, 7) is 5.45. The van der Waals surface area contributed by atoms with Gasteiger partial charge in [0.1, 0.15) is 18.2 Å². The number of aromatic amines is 1. The number of likely N-dealkylation sites (N-methyl/N-ethyl adjacent to an activating group) is 1. The largest absolute Gasteiger partial charge is 0.497 e. The van der Waals surface area contributed by atoms with Gasteiger partial charge in [0.05, 0.1) is 30.0 Å². The van der Waals surface area contributed by atoms with Crippen LogP contribution in [-0.4, -0.2) is 82.6 Å². The lowest BCUT2D eigenvalue weighted by atomic mass is 10.1. The average Bonchev–Trinajstić information content (AvgIpc) is 3.26. The molecule has 4 rings (SSSR count). The molecule has 0 saturated carbocycles. The molecule has 1 aromatic carbocycles. The van der Waals surface area contributed by atoms with Gasteiger partial charge in [0.25, 0.3) is 6.67 Å². The predicted octanol–water partition coefficient (Wildman–Crippen LogP) is 3.27. The van der Waals surface area contributed by atoms with Crippen molar-refractivity contribution < 1.29 is 19.2 Å². The summed E-state index contributed by atoms with van der Waals surface area (Å²) in [6, 6.07) is 7.39. The smallest absolute Gasteiger partial charge is 0.410 e. The minimum atomic E-state index is -0.542. The molecular weight excluding hydrogens is 520 g/mol. The molecule has 0 spiro atoms. The quantitative estimate of drug-likeness (QED) is 0.166. The molecule has 0 bridgehead atoms.